The molecule has 1 aliphatic carbocycles. The van der Waals surface area contributed by atoms with Gasteiger partial charge in [-0.15, -0.1) is 0 Å². The van der Waals surface area contributed by atoms with Crippen molar-refractivity contribution in [2.75, 3.05) is 0 Å². The fraction of sp³-hybridized carbons (Fsp3) is 0.111. The minimum Gasteiger partial charge on any atom is -0.203 e. The van der Waals surface area contributed by atoms with Crippen LogP contribution in [0.1, 0.15) is 24.0 Å². The van der Waals surface area contributed by atoms with Crippen molar-refractivity contribution in [2.45, 2.75) is 12.8 Å². The normalized spacial score (nSPS) is 16.8. The molecule has 0 aliphatic heterocycles. The molecule has 10 heteroatoms. The Labute approximate surface area is 150 Å². The van der Waals surface area contributed by atoms with Gasteiger partial charge >= 0.3 is 0 Å². The van der Waals surface area contributed by atoms with E-state index in [1.54, 1.807) is 0 Å². The largest absolute Gasteiger partial charge is 0.203 e. The molecule has 0 spiro atoms. The van der Waals surface area contributed by atoms with Crippen molar-refractivity contribution in [1.29, 1.82) is 0 Å². The molecule has 0 radical (unpaired) electrons. The maximum absolute atomic E-state index is 13.7. The van der Waals surface area contributed by atoms with Gasteiger partial charge in [-0.1, -0.05) is 0 Å². The van der Waals surface area contributed by atoms with Crippen molar-refractivity contribution < 1.29 is 43.9 Å². The van der Waals surface area contributed by atoms with Crippen molar-refractivity contribution in [3.63, 3.8) is 0 Å². The predicted molar refractivity (Wildman–Crippen MR) is 77.7 cm³/mol. The number of halogens is 10. The number of hydrogen-bond acceptors (Lipinski definition) is 0. The first-order valence-electron chi connectivity index (χ1n) is 7.50. The van der Waals surface area contributed by atoms with Crippen LogP contribution in [-0.4, -0.2) is 0 Å². The highest BCUT2D eigenvalue weighted by molar-refractivity contribution is 5.70. The summed E-state index contributed by atoms with van der Waals surface area (Å²) < 4.78 is 134. The summed E-state index contributed by atoms with van der Waals surface area (Å²) in [6.45, 7) is 0. The molecule has 3 rings (SSSR count). The molecule has 0 amide bonds. The molecule has 0 N–H and O–H groups in total. The molecule has 148 valence electrons. The van der Waals surface area contributed by atoms with Gasteiger partial charge in [0.05, 0.1) is 11.1 Å². The quantitative estimate of drug-likeness (QED) is 0.307. The average Bonchev–Trinajstić information content (AvgIpc) is 2.66. The van der Waals surface area contributed by atoms with Crippen molar-refractivity contribution >= 4 is 12.2 Å². The molecule has 0 heterocycles. The van der Waals surface area contributed by atoms with Crippen LogP contribution < -0.4 is 0 Å². The second-order valence-electron chi connectivity index (χ2n) is 5.81. The SMILES string of the molecule is Fc1c(F)c(F)c(/C=C2\CC\C2=C/c2c(F)c(F)c(F)c(F)c2F)c(F)c1F. The zero-order chi connectivity index (χ0) is 20.9. The van der Waals surface area contributed by atoms with Gasteiger partial charge in [0.15, 0.2) is 46.5 Å². The highest BCUT2D eigenvalue weighted by atomic mass is 19.2. The van der Waals surface area contributed by atoms with E-state index in [4.69, 9.17) is 0 Å². The van der Waals surface area contributed by atoms with Crippen LogP contribution in [-0.2, 0) is 0 Å². The van der Waals surface area contributed by atoms with Gasteiger partial charge in [0.2, 0.25) is 11.6 Å². The van der Waals surface area contributed by atoms with E-state index in [2.05, 4.69) is 0 Å². The van der Waals surface area contributed by atoms with Gasteiger partial charge < -0.3 is 0 Å². The van der Waals surface area contributed by atoms with E-state index >= 15 is 0 Å². The minimum absolute atomic E-state index is 0.0146. The molecule has 0 bridgehead atoms. The van der Waals surface area contributed by atoms with E-state index in [0.717, 1.165) is 0 Å². The molecule has 2 aromatic rings. The van der Waals surface area contributed by atoms with Gasteiger partial charge in [0.1, 0.15) is 0 Å². The number of hydrogen-bond donors (Lipinski definition) is 0. The molecule has 0 aromatic heterocycles. The zero-order valence-electron chi connectivity index (χ0n) is 13.3. The predicted octanol–water partition coefficient (Wildman–Crippen LogP) is 6.34. The van der Waals surface area contributed by atoms with Gasteiger partial charge in [-0.05, 0) is 36.1 Å². The summed E-state index contributed by atoms with van der Waals surface area (Å²) >= 11 is 0. The smallest absolute Gasteiger partial charge is 0.200 e. The molecular weight excluding hydrogens is 406 g/mol. The second-order valence-corrected chi connectivity index (χ2v) is 5.81. The molecular formula is C18H6F10. The van der Waals surface area contributed by atoms with Gasteiger partial charge in [-0.25, -0.2) is 43.9 Å². The Morgan fingerprint density at radius 2 is 0.571 bits per heavy atom. The first kappa shape index (κ1) is 20.0. The molecule has 0 saturated heterocycles. The lowest BCUT2D eigenvalue weighted by Crippen LogP contribution is -2.09. The van der Waals surface area contributed by atoms with Gasteiger partial charge in [0.25, 0.3) is 0 Å². The summed E-state index contributed by atoms with van der Waals surface area (Å²) in [5, 5.41) is 0. The Bertz CT molecular complexity index is 922. The lowest BCUT2D eigenvalue weighted by atomic mass is 9.83. The summed E-state index contributed by atoms with van der Waals surface area (Å²) in [5.74, 6) is -21.9. The van der Waals surface area contributed by atoms with Gasteiger partial charge in [-0.2, -0.15) is 0 Å². The van der Waals surface area contributed by atoms with E-state index in [1.165, 1.54) is 0 Å². The van der Waals surface area contributed by atoms with Gasteiger partial charge in [-0.3, -0.25) is 0 Å². The van der Waals surface area contributed by atoms with Crippen LogP contribution in [0.5, 0.6) is 0 Å². The summed E-state index contributed by atoms with van der Waals surface area (Å²) in [4.78, 5) is 0. The second kappa shape index (κ2) is 6.99. The van der Waals surface area contributed by atoms with Crippen molar-refractivity contribution in [3.8, 4) is 0 Å². The molecule has 0 unspecified atom stereocenters. The van der Waals surface area contributed by atoms with Crippen LogP contribution in [0.3, 0.4) is 0 Å². The fourth-order valence-corrected chi connectivity index (χ4v) is 2.59. The lowest BCUT2D eigenvalue weighted by molar-refractivity contribution is 0.376. The minimum atomic E-state index is -2.36. The van der Waals surface area contributed by atoms with E-state index in [9.17, 15) is 43.9 Å². The molecule has 1 fully saturated rings. The fourth-order valence-electron chi connectivity index (χ4n) is 2.59. The average molecular weight is 412 g/mol. The Morgan fingerprint density at radius 1 is 0.357 bits per heavy atom. The lowest BCUT2D eigenvalue weighted by Gasteiger charge is -2.23. The maximum Gasteiger partial charge on any atom is 0.200 e. The summed E-state index contributed by atoms with van der Waals surface area (Å²) in [6, 6.07) is 0. The van der Waals surface area contributed by atoms with Crippen LogP contribution in [0.4, 0.5) is 43.9 Å². The first-order valence-corrected chi connectivity index (χ1v) is 7.50. The molecule has 1 aliphatic rings. The highest BCUT2D eigenvalue weighted by Crippen LogP contribution is 2.38. The third-order valence-electron chi connectivity index (χ3n) is 4.20. The monoisotopic (exact) mass is 412 g/mol. The molecule has 28 heavy (non-hydrogen) atoms. The van der Waals surface area contributed by atoms with E-state index in [0.29, 0.717) is 12.2 Å². The van der Waals surface area contributed by atoms with Gasteiger partial charge in [0, 0.05) is 0 Å². The topological polar surface area (TPSA) is 0 Å². The third kappa shape index (κ3) is 2.96. The number of allylic oxidation sites excluding steroid dienone is 2. The van der Waals surface area contributed by atoms with E-state index in [-0.39, 0.29) is 24.0 Å². The van der Waals surface area contributed by atoms with E-state index in [1.807, 2.05) is 0 Å². The summed E-state index contributed by atoms with van der Waals surface area (Å²) in [5.41, 5.74) is -2.75. The van der Waals surface area contributed by atoms with Crippen LogP contribution in [0.25, 0.3) is 12.2 Å². The Kier molecular flexibility index (Phi) is 4.99. The Morgan fingerprint density at radius 3 is 0.786 bits per heavy atom. The zero-order valence-corrected chi connectivity index (χ0v) is 13.3. The number of rotatable bonds is 2. The van der Waals surface area contributed by atoms with Crippen LogP contribution in [0.15, 0.2) is 11.1 Å². The summed E-state index contributed by atoms with van der Waals surface area (Å²) in [6.07, 6.45) is 1.16. The summed E-state index contributed by atoms with van der Waals surface area (Å²) in [7, 11) is 0. The molecule has 0 atom stereocenters. The van der Waals surface area contributed by atoms with Crippen LogP contribution in [0, 0.1) is 58.2 Å². The van der Waals surface area contributed by atoms with Crippen molar-refractivity contribution in [3.05, 3.63) is 80.4 Å². The van der Waals surface area contributed by atoms with Crippen LogP contribution >= 0.6 is 0 Å². The van der Waals surface area contributed by atoms with Crippen molar-refractivity contribution in [2.24, 2.45) is 0 Å². The van der Waals surface area contributed by atoms with Crippen molar-refractivity contribution in [1.82, 2.24) is 0 Å². The maximum atomic E-state index is 13.7. The highest BCUT2D eigenvalue weighted by Gasteiger charge is 2.28. The van der Waals surface area contributed by atoms with E-state index < -0.39 is 69.3 Å². The Balaban J connectivity index is 2.11. The third-order valence-corrected chi connectivity index (χ3v) is 4.20. The van der Waals surface area contributed by atoms with Crippen LogP contribution in [0.2, 0.25) is 0 Å². The number of benzene rings is 2. The first-order chi connectivity index (χ1) is 13.1. The molecule has 2 aromatic carbocycles. The Hall–Kier alpha value is -2.78. The molecule has 0 nitrogen and oxygen atoms in total. The molecule has 1 saturated carbocycles. The standard InChI is InChI=1S/C18H6F10/c19-9-7(10(20)14(24)17(27)13(9)23)3-5-1-2-6(5)4-8-11(21)15(25)18(28)16(26)12(8)22/h3-4H,1-2H2/b5-3+,6-4+.